The van der Waals surface area contributed by atoms with Crippen LogP contribution in [0, 0.1) is 0 Å². The zero-order valence-electron chi connectivity index (χ0n) is 7.68. The molecule has 0 spiro atoms. The second-order valence-electron chi connectivity index (χ2n) is 1.67. The van der Waals surface area contributed by atoms with Gasteiger partial charge in [0, 0.05) is 13.3 Å². The van der Waals surface area contributed by atoms with Crippen LogP contribution >= 0.6 is 0 Å². The van der Waals surface area contributed by atoms with E-state index in [4.69, 9.17) is 0 Å². The van der Waals surface area contributed by atoms with Gasteiger partial charge in [-0.2, -0.15) is 0 Å². The quantitative estimate of drug-likeness (QED) is 0.571. The number of ketones is 1. The molecule has 0 atom stereocenters. The van der Waals surface area contributed by atoms with Crippen molar-refractivity contribution in [2.45, 2.75) is 27.2 Å². The predicted molar refractivity (Wildman–Crippen MR) is 46.0 cm³/mol. The summed E-state index contributed by atoms with van der Waals surface area (Å²) >= 11 is 0. The Morgan fingerprint density at radius 3 is 1.27 bits per heavy atom. The first kappa shape index (κ1) is 16.6. The summed E-state index contributed by atoms with van der Waals surface area (Å²) in [7, 11) is 1.50. The van der Waals surface area contributed by atoms with E-state index < -0.39 is 0 Å². The third-order valence-electron chi connectivity index (χ3n) is 0.498. The van der Waals surface area contributed by atoms with Crippen molar-refractivity contribution >= 4 is 11.7 Å². The third kappa shape index (κ3) is 379. The zero-order chi connectivity index (χ0) is 9.86. The van der Waals surface area contributed by atoms with Crippen LogP contribution in [0.4, 0.5) is 0 Å². The first-order valence-corrected chi connectivity index (χ1v) is 3.33. The number of amides is 1. The Kier molecular flexibility index (Phi) is 24.2. The lowest BCUT2D eigenvalue weighted by molar-refractivity contribution is -0.117. The number of hydrogen-bond acceptors (Lipinski definition) is 3. The maximum Gasteiger partial charge on any atom is 0.214 e. The van der Waals surface area contributed by atoms with Crippen molar-refractivity contribution in [3.8, 4) is 0 Å². The number of Topliss-reactive ketones (excluding diaryl/α,β-unsaturated/α-hetero) is 1. The van der Waals surface area contributed by atoms with Crippen molar-refractivity contribution in [3.63, 3.8) is 0 Å². The molecule has 11 heavy (non-hydrogen) atoms. The Morgan fingerprint density at radius 2 is 1.27 bits per heavy atom. The standard InChI is InChI=1S/C4H8O.C2H5NO.CH5N/c1-3-4(2)5;1-2(3)4;1-2/h3H2,1-2H3;1H3,(H2,3,4);2H2,1H3. The second kappa shape index (κ2) is 16.0. The van der Waals surface area contributed by atoms with E-state index in [-0.39, 0.29) is 11.7 Å². The first-order chi connectivity index (χ1) is 5.00. The molecule has 0 aromatic heterocycles. The largest absolute Gasteiger partial charge is 0.370 e. The molecule has 0 aliphatic rings. The highest BCUT2D eigenvalue weighted by Gasteiger charge is 1.76. The number of carbonyl (C=O) groups is 2. The van der Waals surface area contributed by atoms with Crippen molar-refractivity contribution in [1.82, 2.24) is 0 Å². The van der Waals surface area contributed by atoms with E-state index in [9.17, 15) is 9.59 Å². The van der Waals surface area contributed by atoms with Crippen LogP contribution in [0.2, 0.25) is 0 Å². The van der Waals surface area contributed by atoms with Crippen molar-refractivity contribution in [3.05, 3.63) is 0 Å². The highest BCUT2D eigenvalue weighted by Crippen LogP contribution is 1.71. The SMILES string of the molecule is CC(N)=O.CCC(C)=O.CN. The van der Waals surface area contributed by atoms with E-state index in [2.05, 4.69) is 11.5 Å². The number of carbonyl (C=O) groups excluding carboxylic acids is 2. The Bertz CT molecular complexity index is 98.6. The molecule has 0 saturated heterocycles. The highest BCUT2D eigenvalue weighted by atomic mass is 16.1. The lowest BCUT2D eigenvalue weighted by atomic mass is 10.4. The summed E-state index contributed by atoms with van der Waals surface area (Å²) in [5.41, 5.74) is 8.97. The molecule has 0 aromatic rings. The molecule has 0 heterocycles. The van der Waals surface area contributed by atoms with Crippen LogP contribution in [0.3, 0.4) is 0 Å². The maximum absolute atomic E-state index is 9.81. The van der Waals surface area contributed by atoms with Crippen molar-refractivity contribution in [2.24, 2.45) is 11.5 Å². The molecular weight excluding hydrogens is 144 g/mol. The van der Waals surface area contributed by atoms with E-state index in [0.717, 1.165) is 0 Å². The Balaban J connectivity index is -0.0000000965. The Labute approximate surface area is 67.9 Å². The summed E-state index contributed by atoms with van der Waals surface area (Å²) in [5, 5.41) is 0. The fraction of sp³-hybridized carbons (Fsp3) is 0.714. The van der Waals surface area contributed by atoms with Gasteiger partial charge < -0.3 is 16.3 Å². The minimum atomic E-state index is -0.333. The Morgan fingerprint density at radius 1 is 1.18 bits per heavy atom. The topological polar surface area (TPSA) is 86.2 Å². The van der Waals surface area contributed by atoms with E-state index in [1.807, 2.05) is 6.92 Å². The molecule has 1 amide bonds. The minimum absolute atomic E-state index is 0.255. The van der Waals surface area contributed by atoms with Gasteiger partial charge in [-0.1, -0.05) is 6.92 Å². The van der Waals surface area contributed by atoms with Gasteiger partial charge in [0.05, 0.1) is 0 Å². The molecule has 0 unspecified atom stereocenters. The summed E-state index contributed by atoms with van der Waals surface area (Å²) < 4.78 is 0. The third-order valence-corrected chi connectivity index (χ3v) is 0.498. The molecule has 4 nitrogen and oxygen atoms in total. The van der Waals surface area contributed by atoms with Gasteiger partial charge in [-0.3, -0.25) is 4.79 Å². The molecular formula is C7H18N2O2. The van der Waals surface area contributed by atoms with Gasteiger partial charge in [0.1, 0.15) is 5.78 Å². The molecule has 0 bridgehead atoms. The van der Waals surface area contributed by atoms with Crippen molar-refractivity contribution < 1.29 is 9.59 Å². The van der Waals surface area contributed by atoms with Gasteiger partial charge in [-0.05, 0) is 14.0 Å². The van der Waals surface area contributed by atoms with Crippen molar-refractivity contribution in [2.75, 3.05) is 7.05 Å². The van der Waals surface area contributed by atoms with Gasteiger partial charge in [0.15, 0.2) is 0 Å². The van der Waals surface area contributed by atoms with Gasteiger partial charge >= 0.3 is 0 Å². The molecule has 0 aliphatic carbocycles. The van der Waals surface area contributed by atoms with Crippen LogP contribution in [0.25, 0.3) is 0 Å². The average molecular weight is 162 g/mol. The Hall–Kier alpha value is -0.900. The molecule has 0 fully saturated rings. The number of nitrogens with two attached hydrogens (primary N) is 2. The molecule has 0 saturated carbocycles. The van der Waals surface area contributed by atoms with Gasteiger partial charge in [-0.15, -0.1) is 0 Å². The van der Waals surface area contributed by atoms with Gasteiger partial charge in [-0.25, -0.2) is 0 Å². The number of primary amides is 1. The molecule has 0 aliphatic heterocycles. The number of hydrogen-bond donors (Lipinski definition) is 2. The average Bonchev–Trinajstić information content (AvgIpc) is 1.91. The summed E-state index contributed by atoms with van der Waals surface area (Å²) in [5.74, 6) is -0.0787. The summed E-state index contributed by atoms with van der Waals surface area (Å²) in [6, 6.07) is 0. The second-order valence-corrected chi connectivity index (χ2v) is 1.67. The van der Waals surface area contributed by atoms with Crippen LogP contribution in [0.5, 0.6) is 0 Å². The summed E-state index contributed by atoms with van der Waals surface area (Å²) in [4.78, 5) is 19.0. The number of rotatable bonds is 1. The summed E-state index contributed by atoms with van der Waals surface area (Å²) in [6.07, 6.45) is 0.667. The monoisotopic (exact) mass is 162 g/mol. The lowest BCUT2D eigenvalue weighted by Crippen LogP contribution is -2.01. The molecule has 0 aromatic carbocycles. The molecule has 4 N–H and O–H groups in total. The minimum Gasteiger partial charge on any atom is -0.370 e. The van der Waals surface area contributed by atoms with Crippen molar-refractivity contribution in [1.29, 1.82) is 0 Å². The van der Waals surface area contributed by atoms with E-state index in [1.165, 1.54) is 14.0 Å². The fourth-order valence-corrected chi connectivity index (χ4v) is 0. The first-order valence-electron chi connectivity index (χ1n) is 3.33. The van der Waals surface area contributed by atoms with Crippen LogP contribution in [0.1, 0.15) is 27.2 Å². The fourth-order valence-electron chi connectivity index (χ4n) is 0. The molecule has 68 valence electrons. The predicted octanol–water partition coefficient (Wildman–Crippen LogP) is 0.0519. The molecule has 0 rings (SSSR count). The van der Waals surface area contributed by atoms with Gasteiger partial charge in [0.2, 0.25) is 5.91 Å². The van der Waals surface area contributed by atoms with E-state index >= 15 is 0 Å². The van der Waals surface area contributed by atoms with Crippen LogP contribution in [-0.2, 0) is 9.59 Å². The van der Waals surface area contributed by atoms with Crippen LogP contribution in [-0.4, -0.2) is 18.7 Å². The lowest BCUT2D eigenvalue weighted by Gasteiger charge is -1.71. The molecule has 0 radical (unpaired) electrons. The van der Waals surface area contributed by atoms with E-state index in [0.29, 0.717) is 6.42 Å². The zero-order valence-corrected chi connectivity index (χ0v) is 7.68. The highest BCUT2D eigenvalue weighted by molar-refractivity contribution is 5.74. The summed E-state index contributed by atoms with van der Waals surface area (Å²) in [6.45, 7) is 4.74. The van der Waals surface area contributed by atoms with Gasteiger partial charge in [0.25, 0.3) is 0 Å². The van der Waals surface area contributed by atoms with Crippen LogP contribution in [0.15, 0.2) is 0 Å². The molecule has 4 heteroatoms. The maximum atomic E-state index is 9.81. The van der Waals surface area contributed by atoms with E-state index in [1.54, 1.807) is 6.92 Å². The normalized spacial score (nSPS) is 6.27. The van der Waals surface area contributed by atoms with Crippen LogP contribution < -0.4 is 11.5 Å². The smallest absolute Gasteiger partial charge is 0.214 e.